The van der Waals surface area contributed by atoms with Gasteiger partial charge in [-0.05, 0) is 49.4 Å². The first-order valence-electron chi connectivity index (χ1n) is 8.18. The van der Waals surface area contributed by atoms with Gasteiger partial charge in [-0.2, -0.15) is 26.3 Å². The predicted molar refractivity (Wildman–Crippen MR) is 84.5 cm³/mol. The first kappa shape index (κ1) is 21.5. The third-order valence-corrected chi connectivity index (χ3v) is 4.65. The van der Waals surface area contributed by atoms with Gasteiger partial charge in [0.05, 0.1) is 29.4 Å². The van der Waals surface area contributed by atoms with E-state index in [0.717, 1.165) is 0 Å². The van der Waals surface area contributed by atoms with Crippen molar-refractivity contribution in [2.24, 2.45) is 11.7 Å². The van der Waals surface area contributed by atoms with Gasteiger partial charge in [0.2, 0.25) is 5.91 Å². The predicted octanol–water partition coefficient (Wildman–Crippen LogP) is 3.66. The average molecular weight is 398 g/mol. The van der Waals surface area contributed by atoms with Crippen molar-refractivity contribution in [3.63, 3.8) is 0 Å². The first-order chi connectivity index (χ1) is 12.3. The molecule has 27 heavy (non-hydrogen) atoms. The van der Waals surface area contributed by atoms with Crippen LogP contribution in [0.3, 0.4) is 0 Å². The summed E-state index contributed by atoms with van der Waals surface area (Å²) in [5.41, 5.74) is 1.89. The number of carbonyl (C=O) groups is 1. The van der Waals surface area contributed by atoms with Gasteiger partial charge in [-0.25, -0.2) is 0 Å². The molecule has 4 nitrogen and oxygen atoms in total. The van der Waals surface area contributed by atoms with Gasteiger partial charge in [-0.3, -0.25) is 4.79 Å². The largest absolute Gasteiger partial charge is 0.416 e. The van der Waals surface area contributed by atoms with Crippen molar-refractivity contribution in [1.82, 2.24) is 5.32 Å². The quantitative estimate of drug-likeness (QED) is 0.745. The number of benzene rings is 1. The lowest BCUT2D eigenvalue weighted by atomic mass is 9.68. The van der Waals surface area contributed by atoms with Gasteiger partial charge in [0.1, 0.15) is 0 Å². The topological polar surface area (TPSA) is 64.4 Å². The zero-order valence-electron chi connectivity index (χ0n) is 14.7. The molecule has 0 aliphatic heterocycles. The molecular weight excluding hydrogens is 378 g/mol. The molecule has 1 atom stereocenters. The number of rotatable bonds is 5. The third kappa shape index (κ3) is 4.92. The Bertz CT molecular complexity index is 663. The molecule has 1 saturated carbocycles. The summed E-state index contributed by atoms with van der Waals surface area (Å²) in [5.74, 6) is -0.415. The summed E-state index contributed by atoms with van der Waals surface area (Å²) in [6.07, 6.45) is -10.1. The maximum absolute atomic E-state index is 12.9. The molecule has 1 fully saturated rings. The van der Waals surface area contributed by atoms with E-state index in [4.69, 9.17) is 10.5 Å². The summed E-state index contributed by atoms with van der Waals surface area (Å²) < 4.78 is 82.9. The highest BCUT2D eigenvalue weighted by Crippen LogP contribution is 2.39. The van der Waals surface area contributed by atoms with Gasteiger partial charge < -0.3 is 15.8 Å². The second-order valence-electron chi connectivity index (χ2n) is 6.82. The fourth-order valence-corrected chi connectivity index (χ4v) is 3.11. The fourth-order valence-electron chi connectivity index (χ4n) is 3.11. The third-order valence-electron chi connectivity index (χ3n) is 4.65. The number of carbonyl (C=O) groups excluding carboxylic acids is 1. The summed E-state index contributed by atoms with van der Waals surface area (Å²) in [6, 6.07) is 1.38. The number of halogens is 6. The Morgan fingerprint density at radius 3 is 2.07 bits per heavy atom. The molecule has 152 valence electrons. The Morgan fingerprint density at radius 2 is 1.67 bits per heavy atom. The van der Waals surface area contributed by atoms with Crippen molar-refractivity contribution < 1.29 is 35.9 Å². The summed E-state index contributed by atoms with van der Waals surface area (Å²) in [7, 11) is 1.45. The highest BCUT2D eigenvalue weighted by atomic mass is 19.4. The van der Waals surface area contributed by atoms with Gasteiger partial charge in [0.15, 0.2) is 0 Å². The lowest BCUT2D eigenvalue weighted by Crippen LogP contribution is -2.62. The molecule has 1 amide bonds. The number of amides is 1. The van der Waals surface area contributed by atoms with Crippen LogP contribution in [0, 0.1) is 5.92 Å². The standard InChI is InChI=1S/C17H20F6N2O2/c1-9(27-8-10-6-15(24,7-10)14(26)25-2)11-3-12(16(18,19)20)5-13(4-11)17(21,22)23/h3-5,9-10H,6-8,24H2,1-2H3,(H,25,26)/t9-,10?,15?/m1/s1. The van der Waals surface area contributed by atoms with E-state index >= 15 is 0 Å². The van der Waals surface area contributed by atoms with Crippen LogP contribution in [0.2, 0.25) is 0 Å². The summed E-state index contributed by atoms with van der Waals surface area (Å²) in [6.45, 7) is 1.46. The first-order valence-corrected chi connectivity index (χ1v) is 8.18. The minimum atomic E-state index is -4.91. The number of ether oxygens (including phenoxy) is 1. The molecule has 1 aliphatic carbocycles. The molecule has 10 heteroatoms. The van der Waals surface area contributed by atoms with Crippen LogP contribution in [0.1, 0.15) is 42.6 Å². The average Bonchev–Trinajstić information content (AvgIpc) is 2.54. The van der Waals surface area contributed by atoms with E-state index in [-0.39, 0.29) is 30.1 Å². The Morgan fingerprint density at radius 1 is 1.19 bits per heavy atom. The van der Waals surface area contributed by atoms with Crippen LogP contribution in [0.5, 0.6) is 0 Å². The molecule has 0 heterocycles. The van der Waals surface area contributed by atoms with E-state index in [1.54, 1.807) is 0 Å². The molecule has 2 rings (SSSR count). The van der Waals surface area contributed by atoms with Crippen molar-refractivity contribution in [2.45, 2.75) is 43.8 Å². The highest BCUT2D eigenvalue weighted by Gasteiger charge is 2.46. The van der Waals surface area contributed by atoms with E-state index in [2.05, 4.69) is 5.32 Å². The molecule has 1 aromatic rings. The van der Waals surface area contributed by atoms with Crippen LogP contribution in [0.25, 0.3) is 0 Å². The molecule has 0 saturated heterocycles. The lowest BCUT2D eigenvalue weighted by molar-refractivity contribution is -0.143. The molecule has 3 N–H and O–H groups in total. The van der Waals surface area contributed by atoms with Gasteiger partial charge in [0, 0.05) is 7.05 Å². The van der Waals surface area contributed by atoms with Crippen LogP contribution in [0.4, 0.5) is 26.3 Å². The molecule has 0 unspecified atom stereocenters. The van der Waals surface area contributed by atoms with Crippen molar-refractivity contribution in [3.8, 4) is 0 Å². The zero-order chi connectivity index (χ0) is 20.6. The fraction of sp³-hybridized carbons (Fsp3) is 0.588. The van der Waals surface area contributed by atoms with Crippen molar-refractivity contribution in [3.05, 3.63) is 34.9 Å². The lowest BCUT2D eigenvalue weighted by Gasteiger charge is -2.43. The summed E-state index contributed by atoms with van der Waals surface area (Å²) in [4.78, 5) is 11.6. The summed E-state index contributed by atoms with van der Waals surface area (Å²) >= 11 is 0. The van der Waals surface area contributed by atoms with E-state index < -0.39 is 35.1 Å². The second kappa shape index (κ2) is 7.31. The van der Waals surface area contributed by atoms with Crippen LogP contribution in [-0.2, 0) is 21.9 Å². The Balaban J connectivity index is 2.08. The monoisotopic (exact) mass is 398 g/mol. The van der Waals surface area contributed by atoms with Crippen LogP contribution >= 0.6 is 0 Å². The van der Waals surface area contributed by atoms with Crippen LogP contribution in [0.15, 0.2) is 18.2 Å². The number of alkyl halides is 6. The molecule has 0 spiro atoms. The number of nitrogens with two attached hydrogens (primary N) is 1. The number of hydrogen-bond donors (Lipinski definition) is 2. The molecule has 0 radical (unpaired) electrons. The maximum atomic E-state index is 12.9. The molecule has 0 aromatic heterocycles. The minimum Gasteiger partial charge on any atom is -0.374 e. The van der Waals surface area contributed by atoms with Gasteiger partial charge in [-0.15, -0.1) is 0 Å². The van der Waals surface area contributed by atoms with Gasteiger partial charge in [0.25, 0.3) is 0 Å². The Kier molecular flexibility index (Phi) is 5.82. The summed E-state index contributed by atoms with van der Waals surface area (Å²) in [5, 5.41) is 2.44. The van der Waals surface area contributed by atoms with Crippen molar-refractivity contribution in [1.29, 1.82) is 0 Å². The zero-order valence-corrected chi connectivity index (χ0v) is 14.7. The maximum Gasteiger partial charge on any atom is 0.416 e. The van der Waals surface area contributed by atoms with Gasteiger partial charge in [-0.1, -0.05) is 0 Å². The Hall–Kier alpha value is -1.81. The Labute approximate surface area is 152 Å². The van der Waals surface area contributed by atoms with Crippen LogP contribution in [-0.4, -0.2) is 25.1 Å². The highest BCUT2D eigenvalue weighted by molar-refractivity contribution is 5.86. The molecule has 1 aliphatic rings. The number of hydrogen-bond acceptors (Lipinski definition) is 3. The van der Waals surface area contributed by atoms with E-state index in [9.17, 15) is 31.1 Å². The molecule has 1 aromatic carbocycles. The smallest absolute Gasteiger partial charge is 0.374 e. The van der Waals surface area contributed by atoms with Crippen molar-refractivity contribution >= 4 is 5.91 Å². The number of likely N-dealkylation sites (N-methyl/N-ethyl adjacent to an activating group) is 1. The van der Waals surface area contributed by atoms with Crippen LogP contribution < -0.4 is 11.1 Å². The normalized spacial score (nSPS) is 24.3. The molecule has 0 bridgehead atoms. The van der Waals surface area contributed by atoms with Gasteiger partial charge >= 0.3 is 12.4 Å². The second-order valence-corrected chi connectivity index (χ2v) is 6.82. The van der Waals surface area contributed by atoms with E-state index in [0.29, 0.717) is 25.0 Å². The molecular formula is C17H20F6N2O2. The van der Waals surface area contributed by atoms with Crippen molar-refractivity contribution in [2.75, 3.05) is 13.7 Å². The van der Waals surface area contributed by atoms with E-state index in [1.165, 1.54) is 14.0 Å². The SMILES string of the molecule is CNC(=O)C1(N)CC(CO[C@H](C)c2cc(C(F)(F)F)cc(C(F)(F)F)c2)C1. The van der Waals surface area contributed by atoms with E-state index in [1.807, 2.05) is 0 Å². The number of nitrogens with one attached hydrogen (secondary N) is 1. The minimum absolute atomic E-state index is 0.0777.